The Morgan fingerprint density at radius 2 is 1.25 bits per heavy atom. The summed E-state index contributed by atoms with van der Waals surface area (Å²) in [4.78, 5) is 0. The molecule has 0 aliphatic carbocycles. The third kappa shape index (κ3) is 9.34. The topological polar surface area (TPSA) is 6.48 Å². The third-order valence-corrected chi connectivity index (χ3v) is 192. The van der Waals surface area contributed by atoms with Crippen LogP contribution < -0.4 is 0 Å². The maximum atomic E-state index is 3.21. The average molecular weight is 501 g/mol. The van der Waals surface area contributed by atoms with Crippen molar-refractivity contribution in [2.75, 3.05) is 0 Å². The molecule has 0 bridgehead atoms. The first kappa shape index (κ1) is 26.1. The first-order valence-electron chi connectivity index (χ1n) is 10.6. The smallest absolute Gasteiger partial charge is 0.0768 e. The Hall–Kier alpha value is 2.09. The van der Waals surface area contributed by atoms with E-state index < -0.39 is 0 Å². The summed E-state index contributed by atoms with van der Waals surface area (Å²) in [6.07, 6.45) is 0. The maximum Gasteiger partial charge on any atom is 0.0768 e. The predicted octanol–water partition coefficient (Wildman–Crippen LogP) is -6.02. The Morgan fingerprint density at radius 3 is 1.58 bits per heavy atom. The Kier molecular flexibility index (Phi) is 14.5. The molecule has 2 nitrogen and oxygen atoms in total. The summed E-state index contributed by atoms with van der Waals surface area (Å²) in [6.45, 7) is 19.9. The van der Waals surface area contributed by atoms with Gasteiger partial charge in [0.25, 0.3) is 0 Å². The van der Waals surface area contributed by atoms with Crippen LogP contribution in [0.4, 0.5) is 0 Å². The molecule has 0 radical (unpaired) electrons. The van der Waals surface area contributed by atoms with Crippen LogP contribution in [0, 0.1) is 0 Å². The van der Waals surface area contributed by atoms with Gasteiger partial charge in [-0.25, -0.2) is 0 Å². The van der Waals surface area contributed by atoms with E-state index >= 15 is 0 Å². The average Bonchev–Trinajstić information content (AvgIpc) is 2.44. The number of nitrogens with zero attached hydrogens (tertiary/aromatic N) is 2. The second-order valence-corrected chi connectivity index (χ2v) is 99.4. The van der Waals surface area contributed by atoms with Gasteiger partial charge in [0, 0.05) is 24.5 Å². The lowest BCUT2D eigenvalue weighted by molar-refractivity contribution is 0.314. The van der Waals surface area contributed by atoms with Gasteiger partial charge in [-0.15, -0.1) is 0 Å². The molecule has 24 heavy (non-hydrogen) atoms. The maximum absolute atomic E-state index is 3.21. The quantitative estimate of drug-likeness (QED) is 0.246. The highest BCUT2D eigenvalue weighted by atomic mass is 30.2. The van der Waals surface area contributed by atoms with E-state index in [-0.39, 0.29) is 31.9 Å². The predicted molar refractivity (Wildman–Crippen MR) is 150 cm³/mol. The second-order valence-electron chi connectivity index (χ2n) is 9.14. The molecule has 3 atom stereocenters. The van der Waals surface area contributed by atoms with Crippen LogP contribution >= 0.6 is 0 Å². The second kappa shape index (κ2) is 13.3. The van der Waals surface area contributed by atoms with E-state index in [1.165, 1.54) is 0 Å². The van der Waals surface area contributed by atoms with Gasteiger partial charge in [0.15, 0.2) is 0 Å². The van der Waals surface area contributed by atoms with Gasteiger partial charge >= 0.3 is 0 Å². The summed E-state index contributed by atoms with van der Waals surface area (Å²) in [7, 11) is 6.26. The van der Waals surface area contributed by atoms with Crippen molar-refractivity contribution in [2.45, 2.75) is 79.6 Å². The number of hydrogen-bond acceptors (Lipinski definition) is 2. The molecule has 146 valence electrons. The first-order valence-corrected chi connectivity index (χ1v) is 46.3. The van der Waals surface area contributed by atoms with Gasteiger partial charge in [-0.3, -0.25) is 0 Å². The van der Waals surface area contributed by atoms with E-state index in [1.54, 1.807) is 29.3 Å². The molecule has 0 heterocycles. The number of rotatable bonds is 12. The molecule has 0 amide bonds. The molecule has 0 saturated heterocycles. The van der Waals surface area contributed by atoms with E-state index in [4.69, 9.17) is 0 Å². The highest BCUT2D eigenvalue weighted by molar-refractivity contribution is 7.86. The fraction of sp³-hybridized carbons (Fsp3) is 1.00. The van der Waals surface area contributed by atoms with Gasteiger partial charge in [-0.1, -0.05) is 55.4 Å². The van der Waals surface area contributed by atoms with Crippen LogP contribution in [0.25, 0.3) is 0 Å². The van der Waals surface area contributed by atoms with E-state index in [9.17, 15) is 0 Å². The zero-order valence-corrected chi connectivity index (χ0v) is 33.9. The van der Waals surface area contributed by atoms with Crippen molar-refractivity contribution in [2.24, 2.45) is 0 Å². The van der Waals surface area contributed by atoms with Gasteiger partial charge in [0.05, 0.1) is 17.2 Å². The van der Waals surface area contributed by atoms with E-state index in [2.05, 4.69) is 64.5 Å². The van der Waals surface area contributed by atoms with Crippen LogP contribution in [-0.4, -0.2) is 120 Å². The minimum Gasteiger partial charge on any atom is -0.328 e. The van der Waals surface area contributed by atoms with Crippen molar-refractivity contribution in [1.29, 1.82) is 0 Å². The van der Waals surface area contributed by atoms with Crippen molar-refractivity contribution >= 4 is 86.8 Å². The molecule has 0 fully saturated rings. The summed E-state index contributed by atoms with van der Waals surface area (Å²) in [5.41, 5.74) is 0. The summed E-state index contributed by atoms with van der Waals surface area (Å²) in [5, 5.41) is 0. The van der Waals surface area contributed by atoms with Crippen LogP contribution in [0.3, 0.4) is 0 Å². The molecule has 0 saturated carbocycles. The summed E-state index contributed by atoms with van der Waals surface area (Å²) in [6, 6.07) is 3.42. The standard InChI is InChI=1S/C12H48N2Si10/c1-9(2)13(10(3)4)18-20-23(16)21-22(24(17)19-15)14(11(5)6)12(7)8/h9-12,22-24H,18-21H2,1-8,15-17H3. The molecule has 0 spiro atoms. The Balaban J connectivity index is 4.90. The third-order valence-electron chi connectivity index (χ3n) is 5.73. The first-order chi connectivity index (χ1) is 11.0. The van der Waals surface area contributed by atoms with Crippen LogP contribution in [0.1, 0.15) is 55.4 Å². The highest BCUT2D eigenvalue weighted by Gasteiger charge is 2.31. The minimum atomic E-state index is -0.324. The number of hydrogen-bond donors (Lipinski definition) is 0. The normalized spacial score (nSPS) is 19.2. The fourth-order valence-electron chi connectivity index (χ4n) is 4.29. The lowest BCUT2D eigenvalue weighted by Crippen LogP contribution is -2.66. The Bertz CT molecular complexity index is 315. The minimum absolute atomic E-state index is 0.0559. The van der Waals surface area contributed by atoms with Crippen molar-refractivity contribution in [3.63, 3.8) is 0 Å². The van der Waals surface area contributed by atoms with E-state index in [0.717, 1.165) is 24.2 Å². The molecular formula is C12H48N2Si10. The largest absolute Gasteiger partial charge is 0.328 e. The molecule has 0 rings (SSSR count). The van der Waals surface area contributed by atoms with Crippen LogP contribution in [-0.2, 0) is 0 Å². The SMILES string of the molecule is CC(C)N([SiH2][SiH2][SiH]([SiH3])[SiH2][SiH](N(C(C)C)C(C)C)[SiH]([SiH3])[SiH2][SiH3])C(C)C. The van der Waals surface area contributed by atoms with Gasteiger partial charge in [0.1, 0.15) is 0 Å². The summed E-state index contributed by atoms with van der Waals surface area (Å²) < 4.78 is 6.17. The van der Waals surface area contributed by atoms with Gasteiger partial charge in [-0.2, -0.15) is 0 Å². The summed E-state index contributed by atoms with van der Waals surface area (Å²) >= 11 is 0. The van der Waals surface area contributed by atoms with Crippen LogP contribution in [0.5, 0.6) is 0 Å². The Morgan fingerprint density at radius 1 is 0.792 bits per heavy atom. The van der Waals surface area contributed by atoms with Crippen molar-refractivity contribution in [3.8, 4) is 0 Å². The zero-order valence-electron chi connectivity index (χ0n) is 18.8. The molecule has 0 aromatic rings. The lowest BCUT2D eigenvalue weighted by Gasteiger charge is -2.41. The molecule has 12 heteroatoms. The molecule has 0 aromatic carbocycles. The Labute approximate surface area is 174 Å². The lowest BCUT2D eigenvalue weighted by atomic mass is 10.3. The van der Waals surface area contributed by atoms with Crippen LogP contribution in [0.2, 0.25) is 0 Å². The van der Waals surface area contributed by atoms with Crippen molar-refractivity contribution < 1.29 is 0 Å². The molecule has 0 aromatic heterocycles. The monoisotopic (exact) mass is 500 g/mol. The zero-order chi connectivity index (χ0) is 19.0. The van der Waals surface area contributed by atoms with E-state index in [0.29, 0.717) is 25.7 Å². The molecule has 0 N–H and O–H groups in total. The summed E-state index contributed by atoms with van der Waals surface area (Å²) in [5.74, 6) is 0. The van der Waals surface area contributed by atoms with Gasteiger partial charge < -0.3 is 9.13 Å². The van der Waals surface area contributed by atoms with E-state index in [1.807, 2.05) is 0 Å². The molecular weight excluding hydrogens is 453 g/mol. The highest BCUT2D eigenvalue weighted by Crippen LogP contribution is 2.09. The molecule has 3 unspecified atom stereocenters. The van der Waals surface area contributed by atoms with Crippen LogP contribution in [0.15, 0.2) is 0 Å². The van der Waals surface area contributed by atoms with Gasteiger partial charge in [-0.05, 0) is 69.4 Å². The fourth-order valence-corrected chi connectivity index (χ4v) is 251. The molecule has 0 aliphatic rings. The van der Waals surface area contributed by atoms with Crippen molar-refractivity contribution in [1.82, 2.24) is 9.13 Å². The molecule has 0 aliphatic heterocycles. The van der Waals surface area contributed by atoms with Gasteiger partial charge in [0.2, 0.25) is 0 Å². The van der Waals surface area contributed by atoms with Crippen molar-refractivity contribution in [3.05, 3.63) is 0 Å².